The van der Waals surface area contributed by atoms with Gasteiger partial charge >= 0.3 is 12.1 Å². The molecule has 0 aliphatic rings. The number of hydrogen-bond donors (Lipinski definition) is 6. The summed E-state index contributed by atoms with van der Waals surface area (Å²) >= 11 is 0. The highest BCUT2D eigenvalue weighted by molar-refractivity contribution is 5.90. The molecule has 10 nitrogen and oxygen atoms in total. The Kier molecular flexibility index (Phi) is 9.87. The van der Waals surface area contributed by atoms with Crippen molar-refractivity contribution in [1.82, 2.24) is 21.4 Å². The van der Waals surface area contributed by atoms with Gasteiger partial charge < -0.3 is 15.7 Å². The van der Waals surface area contributed by atoms with Crippen molar-refractivity contribution in [2.24, 2.45) is 5.92 Å². The molecular formula is C15H25F3N4O6. The van der Waals surface area contributed by atoms with E-state index >= 15 is 0 Å². The third-order valence-corrected chi connectivity index (χ3v) is 3.74. The maximum Gasteiger partial charge on any atom is 0.404 e. The maximum atomic E-state index is 13.1. The van der Waals surface area contributed by atoms with Crippen LogP contribution in [-0.4, -0.2) is 64.3 Å². The Hall–Kier alpha value is -2.41. The summed E-state index contributed by atoms with van der Waals surface area (Å²) in [6, 6.07) is -6.39. The molecule has 0 saturated carbocycles. The SMILES string of the molecule is CC(C)[C@H](NC(=O)[C@H](C)NC(=O)C[C@@H](N[C@@H](C)C(=O)NO)C(F)(F)F)C(=O)O. The summed E-state index contributed by atoms with van der Waals surface area (Å²) in [5, 5.41) is 23.6. The van der Waals surface area contributed by atoms with Gasteiger partial charge in [0.25, 0.3) is 5.91 Å². The molecule has 0 rings (SSSR count). The molecule has 0 aromatic heterocycles. The molecule has 3 amide bonds. The summed E-state index contributed by atoms with van der Waals surface area (Å²) in [5.41, 5.74) is 1.19. The van der Waals surface area contributed by atoms with E-state index < -0.39 is 66.4 Å². The Bertz CT molecular complexity index is 585. The highest BCUT2D eigenvalue weighted by atomic mass is 19.4. The average molecular weight is 414 g/mol. The number of hydroxylamine groups is 1. The van der Waals surface area contributed by atoms with E-state index in [2.05, 4.69) is 5.32 Å². The molecule has 6 N–H and O–H groups in total. The monoisotopic (exact) mass is 414 g/mol. The number of carbonyl (C=O) groups is 4. The van der Waals surface area contributed by atoms with E-state index in [0.717, 1.165) is 6.92 Å². The van der Waals surface area contributed by atoms with Crippen LogP contribution in [0.3, 0.4) is 0 Å². The third kappa shape index (κ3) is 8.52. The molecule has 0 heterocycles. The molecule has 0 aliphatic carbocycles. The minimum atomic E-state index is -4.89. The molecular weight excluding hydrogens is 389 g/mol. The van der Waals surface area contributed by atoms with Gasteiger partial charge in [-0.05, 0) is 19.8 Å². The zero-order valence-electron chi connectivity index (χ0n) is 15.8. The lowest BCUT2D eigenvalue weighted by Crippen LogP contribution is -2.55. The molecule has 0 aromatic carbocycles. The van der Waals surface area contributed by atoms with Crippen molar-refractivity contribution in [3.8, 4) is 0 Å². The summed E-state index contributed by atoms with van der Waals surface area (Å²) in [6.45, 7) is 5.33. The van der Waals surface area contributed by atoms with Crippen LogP contribution in [0.25, 0.3) is 0 Å². The number of alkyl halides is 3. The molecule has 0 fully saturated rings. The van der Waals surface area contributed by atoms with E-state index in [9.17, 15) is 32.3 Å². The van der Waals surface area contributed by atoms with E-state index in [1.165, 1.54) is 12.4 Å². The van der Waals surface area contributed by atoms with Crippen molar-refractivity contribution in [2.75, 3.05) is 0 Å². The van der Waals surface area contributed by atoms with Crippen molar-refractivity contribution in [1.29, 1.82) is 0 Å². The molecule has 0 radical (unpaired) electrons. The van der Waals surface area contributed by atoms with E-state index in [4.69, 9.17) is 10.3 Å². The topological polar surface area (TPSA) is 157 Å². The highest BCUT2D eigenvalue weighted by Crippen LogP contribution is 2.23. The molecule has 0 saturated heterocycles. The first-order valence-corrected chi connectivity index (χ1v) is 8.29. The van der Waals surface area contributed by atoms with Crippen LogP contribution in [0.1, 0.15) is 34.1 Å². The second-order valence-corrected chi connectivity index (χ2v) is 6.52. The zero-order chi connectivity index (χ0) is 22.2. The first-order chi connectivity index (χ1) is 12.7. The molecule has 0 bridgehead atoms. The van der Waals surface area contributed by atoms with Crippen molar-refractivity contribution in [3.63, 3.8) is 0 Å². The Morgan fingerprint density at radius 3 is 1.86 bits per heavy atom. The van der Waals surface area contributed by atoms with E-state index in [0.29, 0.717) is 0 Å². The van der Waals surface area contributed by atoms with Gasteiger partial charge in [0.2, 0.25) is 11.8 Å². The first-order valence-electron chi connectivity index (χ1n) is 8.29. The summed E-state index contributed by atoms with van der Waals surface area (Å²) in [6.07, 6.45) is -6.03. The molecule has 0 aromatic rings. The second kappa shape index (κ2) is 10.8. The molecule has 13 heteroatoms. The summed E-state index contributed by atoms with van der Waals surface area (Å²) in [4.78, 5) is 46.1. The lowest BCUT2D eigenvalue weighted by molar-refractivity contribution is -0.165. The summed E-state index contributed by atoms with van der Waals surface area (Å²) in [7, 11) is 0. The third-order valence-electron chi connectivity index (χ3n) is 3.74. The number of rotatable bonds is 10. The van der Waals surface area contributed by atoms with E-state index in [1.807, 2.05) is 10.6 Å². The Labute approximate surface area is 159 Å². The fraction of sp³-hybridized carbons (Fsp3) is 0.733. The maximum absolute atomic E-state index is 13.1. The van der Waals surface area contributed by atoms with Crippen molar-refractivity contribution in [3.05, 3.63) is 0 Å². The van der Waals surface area contributed by atoms with Gasteiger partial charge in [0.1, 0.15) is 18.1 Å². The van der Waals surface area contributed by atoms with Gasteiger partial charge in [0.05, 0.1) is 12.5 Å². The Balaban J connectivity index is 4.94. The molecule has 0 aliphatic heterocycles. The fourth-order valence-electron chi connectivity index (χ4n) is 2.09. The number of amides is 3. The van der Waals surface area contributed by atoms with Crippen LogP contribution in [0.4, 0.5) is 13.2 Å². The minimum absolute atomic E-state index is 0.456. The Morgan fingerprint density at radius 2 is 1.46 bits per heavy atom. The first kappa shape index (κ1) is 25.6. The van der Waals surface area contributed by atoms with Gasteiger partial charge in [-0.1, -0.05) is 13.8 Å². The van der Waals surface area contributed by atoms with E-state index in [1.54, 1.807) is 13.8 Å². The molecule has 162 valence electrons. The van der Waals surface area contributed by atoms with Crippen LogP contribution in [0.5, 0.6) is 0 Å². The normalized spacial score (nSPS) is 15.9. The molecule has 4 atom stereocenters. The van der Waals surface area contributed by atoms with Crippen molar-refractivity contribution >= 4 is 23.7 Å². The standard InChI is InChI=1S/C15H25F3N4O6/c1-6(2)11(14(26)27)21-12(24)7(3)20-10(23)5-9(15(16,17)18)19-8(4)13(25)22-28/h6-9,11,19,28H,5H2,1-4H3,(H,20,23)(H,21,24)(H,22,25)(H,26,27)/t7-,8-,9+,11-/m0/s1. The zero-order valence-corrected chi connectivity index (χ0v) is 15.8. The number of aliphatic carboxylic acids is 1. The predicted octanol–water partition coefficient (Wildman–Crippen LogP) is -0.479. The molecule has 28 heavy (non-hydrogen) atoms. The average Bonchev–Trinajstić information content (AvgIpc) is 2.56. The summed E-state index contributed by atoms with van der Waals surface area (Å²) < 4.78 is 39.2. The quantitative estimate of drug-likeness (QED) is 0.208. The largest absolute Gasteiger partial charge is 0.480 e. The van der Waals surface area contributed by atoms with Gasteiger partial charge in [-0.2, -0.15) is 13.2 Å². The number of nitrogens with one attached hydrogen (secondary N) is 4. The molecule has 0 unspecified atom stereocenters. The lowest BCUT2D eigenvalue weighted by atomic mass is 10.0. The van der Waals surface area contributed by atoms with Crippen LogP contribution in [-0.2, 0) is 19.2 Å². The smallest absolute Gasteiger partial charge is 0.404 e. The van der Waals surface area contributed by atoms with Crippen LogP contribution in [0.2, 0.25) is 0 Å². The van der Waals surface area contributed by atoms with Crippen molar-refractivity contribution < 1.29 is 42.7 Å². The second-order valence-electron chi connectivity index (χ2n) is 6.52. The van der Waals surface area contributed by atoms with E-state index in [-0.39, 0.29) is 0 Å². The predicted molar refractivity (Wildman–Crippen MR) is 89.0 cm³/mol. The number of hydrogen-bond acceptors (Lipinski definition) is 6. The number of carboxylic acids is 1. The van der Waals surface area contributed by atoms with Gasteiger partial charge in [-0.15, -0.1) is 0 Å². The fourth-order valence-corrected chi connectivity index (χ4v) is 2.09. The van der Waals surface area contributed by atoms with Crippen LogP contribution >= 0.6 is 0 Å². The van der Waals surface area contributed by atoms with Crippen LogP contribution in [0.15, 0.2) is 0 Å². The number of halogens is 3. The Morgan fingerprint density at radius 1 is 0.929 bits per heavy atom. The van der Waals surface area contributed by atoms with Gasteiger partial charge in [-0.3, -0.25) is 24.9 Å². The molecule has 0 spiro atoms. The number of carboxylic acid groups (broad SMARTS) is 1. The van der Waals surface area contributed by atoms with Gasteiger partial charge in [0.15, 0.2) is 0 Å². The minimum Gasteiger partial charge on any atom is -0.480 e. The summed E-state index contributed by atoms with van der Waals surface area (Å²) in [5.74, 6) is -4.90. The lowest BCUT2D eigenvalue weighted by Gasteiger charge is -2.25. The highest BCUT2D eigenvalue weighted by Gasteiger charge is 2.42. The van der Waals surface area contributed by atoms with Gasteiger partial charge in [0, 0.05) is 0 Å². The number of carbonyl (C=O) groups excluding carboxylic acids is 3. The van der Waals surface area contributed by atoms with Gasteiger partial charge in [-0.25, -0.2) is 10.3 Å². The van der Waals surface area contributed by atoms with Crippen molar-refractivity contribution in [2.45, 2.75) is 64.5 Å². The van der Waals surface area contributed by atoms with Crippen LogP contribution in [0, 0.1) is 5.92 Å². The van der Waals surface area contributed by atoms with Crippen LogP contribution < -0.4 is 21.4 Å².